The second kappa shape index (κ2) is 7.79. The summed E-state index contributed by atoms with van der Waals surface area (Å²) in [6, 6.07) is 11.3. The number of rotatable bonds is 5. The first-order chi connectivity index (χ1) is 11.0. The largest absolute Gasteiger partial charge is 0.484 e. The quantitative estimate of drug-likeness (QED) is 0.669. The van der Waals surface area contributed by atoms with E-state index in [9.17, 15) is 4.79 Å². The van der Waals surface area contributed by atoms with Gasteiger partial charge in [0.25, 0.3) is 5.91 Å². The van der Waals surface area contributed by atoms with E-state index in [2.05, 4.69) is 16.6 Å². The third-order valence-electron chi connectivity index (χ3n) is 3.32. The van der Waals surface area contributed by atoms with Gasteiger partial charge in [0.1, 0.15) is 5.75 Å². The van der Waals surface area contributed by atoms with E-state index in [1.165, 1.54) is 5.56 Å². The highest BCUT2D eigenvalue weighted by molar-refractivity contribution is 6.31. The minimum absolute atomic E-state index is 0.106. The highest BCUT2D eigenvalue weighted by Gasteiger charge is 2.03. The van der Waals surface area contributed by atoms with E-state index in [0.717, 1.165) is 16.7 Å². The van der Waals surface area contributed by atoms with E-state index < -0.39 is 0 Å². The van der Waals surface area contributed by atoms with E-state index in [1.54, 1.807) is 24.4 Å². The number of nitrogens with zero attached hydrogens (tertiary/aromatic N) is 1. The Morgan fingerprint density at radius 3 is 2.65 bits per heavy atom. The summed E-state index contributed by atoms with van der Waals surface area (Å²) in [6.07, 6.45) is 1.62. The van der Waals surface area contributed by atoms with Crippen molar-refractivity contribution in [3.05, 3.63) is 63.7 Å². The van der Waals surface area contributed by atoms with Crippen LogP contribution in [0.5, 0.6) is 5.75 Å². The molecule has 23 heavy (non-hydrogen) atoms. The zero-order valence-electron chi connectivity index (χ0n) is 13.4. The van der Waals surface area contributed by atoms with Gasteiger partial charge >= 0.3 is 0 Å². The molecular formula is C18H19ClN2O2. The van der Waals surface area contributed by atoms with Gasteiger partial charge in [0.05, 0.1) is 6.21 Å². The maximum absolute atomic E-state index is 11.7. The van der Waals surface area contributed by atoms with Crippen molar-refractivity contribution in [2.75, 3.05) is 6.61 Å². The minimum Gasteiger partial charge on any atom is -0.484 e. The van der Waals surface area contributed by atoms with Crippen molar-refractivity contribution >= 4 is 23.7 Å². The van der Waals surface area contributed by atoms with Gasteiger partial charge in [0.15, 0.2) is 6.61 Å². The fourth-order valence-electron chi connectivity index (χ4n) is 2.03. The van der Waals surface area contributed by atoms with Crippen LogP contribution in [0.2, 0.25) is 5.02 Å². The fraction of sp³-hybridized carbons (Fsp3) is 0.222. The lowest BCUT2D eigenvalue weighted by molar-refractivity contribution is -0.123. The zero-order chi connectivity index (χ0) is 16.8. The number of hydrazone groups is 1. The van der Waals surface area contributed by atoms with Crippen LogP contribution < -0.4 is 10.2 Å². The predicted octanol–water partition coefficient (Wildman–Crippen LogP) is 3.79. The molecule has 1 amide bonds. The van der Waals surface area contributed by atoms with Crippen LogP contribution in [-0.2, 0) is 4.79 Å². The van der Waals surface area contributed by atoms with Crippen molar-refractivity contribution in [1.29, 1.82) is 0 Å². The van der Waals surface area contributed by atoms with Crippen LogP contribution in [0.1, 0.15) is 22.3 Å². The Morgan fingerprint density at radius 2 is 1.96 bits per heavy atom. The van der Waals surface area contributed by atoms with Crippen molar-refractivity contribution in [2.45, 2.75) is 20.8 Å². The van der Waals surface area contributed by atoms with E-state index in [1.807, 2.05) is 32.9 Å². The molecule has 4 nitrogen and oxygen atoms in total. The Morgan fingerprint density at radius 1 is 1.17 bits per heavy atom. The fourth-order valence-corrected chi connectivity index (χ4v) is 2.15. The molecule has 5 heteroatoms. The van der Waals surface area contributed by atoms with Crippen LogP contribution in [0, 0.1) is 20.8 Å². The Bertz CT molecular complexity index is 742. The molecule has 0 radical (unpaired) electrons. The summed E-state index contributed by atoms with van der Waals surface area (Å²) in [7, 11) is 0. The van der Waals surface area contributed by atoms with Crippen LogP contribution in [0.25, 0.3) is 0 Å². The van der Waals surface area contributed by atoms with Crippen molar-refractivity contribution in [3.63, 3.8) is 0 Å². The first-order valence-corrected chi connectivity index (χ1v) is 7.61. The topological polar surface area (TPSA) is 50.7 Å². The molecule has 0 unspecified atom stereocenters. The van der Waals surface area contributed by atoms with E-state index in [-0.39, 0.29) is 12.5 Å². The number of carbonyl (C=O) groups excluding carboxylic acids is 1. The Balaban J connectivity index is 1.85. The van der Waals surface area contributed by atoms with Gasteiger partial charge < -0.3 is 4.74 Å². The molecule has 0 bridgehead atoms. The van der Waals surface area contributed by atoms with Crippen molar-refractivity contribution < 1.29 is 9.53 Å². The standard InChI is InChI=1S/C18H19ClN2O2/c1-12-4-5-15(13(2)8-12)10-20-21-18(22)11-23-16-6-7-17(19)14(3)9-16/h4-10H,11H2,1-3H3,(H,21,22)/b20-10-. The van der Waals surface area contributed by atoms with Gasteiger partial charge in [0, 0.05) is 5.02 Å². The number of amides is 1. The third kappa shape index (κ3) is 5.11. The average Bonchev–Trinajstić information content (AvgIpc) is 2.50. The van der Waals surface area contributed by atoms with E-state index in [4.69, 9.17) is 16.3 Å². The molecule has 0 saturated heterocycles. The molecule has 0 fully saturated rings. The zero-order valence-corrected chi connectivity index (χ0v) is 14.1. The van der Waals surface area contributed by atoms with Crippen LogP contribution in [0.4, 0.5) is 0 Å². The lowest BCUT2D eigenvalue weighted by atomic mass is 10.1. The maximum Gasteiger partial charge on any atom is 0.277 e. The Kier molecular flexibility index (Phi) is 5.77. The molecule has 0 aromatic heterocycles. The Labute approximate surface area is 141 Å². The molecule has 0 aliphatic carbocycles. The maximum atomic E-state index is 11.7. The summed E-state index contributed by atoms with van der Waals surface area (Å²) in [5.74, 6) is 0.277. The second-order valence-corrected chi connectivity index (χ2v) is 5.76. The number of aryl methyl sites for hydroxylation is 3. The molecule has 0 atom stereocenters. The number of ether oxygens (including phenoxy) is 1. The van der Waals surface area contributed by atoms with Gasteiger partial charge in [-0.05, 0) is 55.7 Å². The average molecular weight is 331 g/mol. The molecule has 120 valence electrons. The molecule has 0 aliphatic rings. The van der Waals surface area contributed by atoms with Crippen LogP contribution in [0.3, 0.4) is 0 Å². The molecule has 2 aromatic carbocycles. The predicted molar refractivity (Wildman–Crippen MR) is 93.3 cm³/mol. The molecule has 0 spiro atoms. The second-order valence-electron chi connectivity index (χ2n) is 5.35. The number of hydrogen-bond acceptors (Lipinski definition) is 3. The molecule has 0 saturated carbocycles. The molecule has 2 rings (SSSR count). The molecular weight excluding hydrogens is 312 g/mol. The van der Waals surface area contributed by atoms with Gasteiger partial charge in [-0.3, -0.25) is 4.79 Å². The van der Waals surface area contributed by atoms with Gasteiger partial charge in [-0.25, -0.2) is 5.43 Å². The van der Waals surface area contributed by atoms with Crippen LogP contribution in [-0.4, -0.2) is 18.7 Å². The highest BCUT2D eigenvalue weighted by Crippen LogP contribution is 2.20. The Hall–Kier alpha value is -2.33. The molecule has 2 aromatic rings. The van der Waals surface area contributed by atoms with E-state index >= 15 is 0 Å². The van der Waals surface area contributed by atoms with Gasteiger partial charge in [-0.1, -0.05) is 35.4 Å². The molecule has 0 aliphatic heterocycles. The molecule has 0 heterocycles. The summed E-state index contributed by atoms with van der Waals surface area (Å²) in [5.41, 5.74) is 6.61. The number of benzene rings is 2. The summed E-state index contributed by atoms with van der Waals surface area (Å²) in [6.45, 7) is 5.81. The molecule has 1 N–H and O–H groups in total. The summed E-state index contributed by atoms with van der Waals surface area (Å²) >= 11 is 5.94. The number of carbonyl (C=O) groups is 1. The monoisotopic (exact) mass is 330 g/mol. The third-order valence-corrected chi connectivity index (χ3v) is 3.74. The van der Waals surface area contributed by atoms with Gasteiger partial charge in [0.2, 0.25) is 0 Å². The van der Waals surface area contributed by atoms with Crippen LogP contribution in [0.15, 0.2) is 41.5 Å². The number of halogens is 1. The SMILES string of the molecule is Cc1ccc(/C=N\NC(=O)COc2ccc(Cl)c(C)c2)c(C)c1. The lowest BCUT2D eigenvalue weighted by Crippen LogP contribution is -2.24. The van der Waals surface area contributed by atoms with Crippen molar-refractivity contribution in [1.82, 2.24) is 5.43 Å². The number of hydrogen-bond donors (Lipinski definition) is 1. The summed E-state index contributed by atoms with van der Waals surface area (Å²) in [5, 5.41) is 4.62. The van der Waals surface area contributed by atoms with Crippen LogP contribution >= 0.6 is 11.6 Å². The normalized spacial score (nSPS) is 10.8. The van der Waals surface area contributed by atoms with Gasteiger partial charge in [-0.15, -0.1) is 0 Å². The highest BCUT2D eigenvalue weighted by atomic mass is 35.5. The van der Waals surface area contributed by atoms with Gasteiger partial charge in [-0.2, -0.15) is 5.10 Å². The summed E-state index contributed by atoms with van der Waals surface area (Å²) in [4.78, 5) is 11.7. The van der Waals surface area contributed by atoms with Crippen molar-refractivity contribution in [2.24, 2.45) is 5.10 Å². The minimum atomic E-state index is -0.321. The van der Waals surface area contributed by atoms with Crippen molar-refractivity contribution in [3.8, 4) is 5.75 Å². The number of nitrogens with one attached hydrogen (secondary N) is 1. The smallest absolute Gasteiger partial charge is 0.277 e. The first-order valence-electron chi connectivity index (χ1n) is 7.24. The van der Waals surface area contributed by atoms with E-state index in [0.29, 0.717) is 10.8 Å². The summed E-state index contributed by atoms with van der Waals surface area (Å²) < 4.78 is 5.40. The first kappa shape index (κ1) is 17.0. The lowest BCUT2D eigenvalue weighted by Gasteiger charge is -2.06.